The number of amides is 1. The van der Waals surface area contributed by atoms with Crippen molar-refractivity contribution in [2.45, 2.75) is 6.61 Å². The minimum atomic E-state index is -0.717. The summed E-state index contributed by atoms with van der Waals surface area (Å²) >= 11 is 0. The summed E-state index contributed by atoms with van der Waals surface area (Å²) in [6.07, 6.45) is 0. The van der Waals surface area contributed by atoms with Gasteiger partial charge in [0.1, 0.15) is 30.5 Å². The predicted octanol–water partition coefficient (Wildman–Crippen LogP) is 2.45. The standard InChI is InChI=1S/C17H15F2NO4/c1-23-15-6-5-14(19)8-12(15)10-24-16(21)9-20-17(22)11-3-2-4-13(18)7-11/h2-8H,9-10H2,1H3,(H,20,22). The Labute approximate surface area is 137 Å². The maximum Gasteiger partial charge on any atom is 0.325 e. The lowest BCUT2D eigenvalue weighted by atomic mass is 10.2. The third-order valence-electron chi connectivity index (χ3n) is 3.11. The molecule has 0 bridgehead atoms. The number of esters is 1. The van der Waals surface area contributed by atoms with Gasteiger partial charge in [0.2, 0.25) is 0 Å². The van der Waals surface area contributed by atoms with Crippen molar-refractivity contribution in [3.8, 4) is 5.75 Å². The third kappa shape index (κ3) is 4.77. The largest absolute Gasteiger partial charge is 0.496 e. The fourth-order valence-corrected chi connectivity index (χ4v) is 1.95. The molecule has 0 spiro atoms. The van der Waals surface area contributed by atoms with Gasteiger partial charge in [-0.3, -0.25) is 9.59 Å². The van der Waals surface area contributed by atoms with E-state index in [4.69, 9.17) is 9.47 Å². The minimum absolute atomic E-state index is 0.0922. The van der Waals surface area contributed by atoms with E-state index in [1.54, 1.807) is 0 Å². The van der Waals surface area contributed by atoms with Crippen LogP contribution in [-0.2, 0) is 16.1 Å². The van der Waals surface area contributed by atoms with E-state index < -0.39 is 30.1 Å². The Bertz CT molecular complexity index is 749. The topological polar surface area (TPSA) is 64.6 Å². The molecule has 1 N–H and O–H groups in total. The Balaban J connectivity index is 1.86. The molecule has 0 atom stereocenters. The first-order chi connectivity index (χ1) is 11.5. The van der Waals surface area contributed by atoms with E-state index in [2.05, 4.69) is 5.32 Å². The van der Waals surface area contributed by atoms with E-state index in [1.807, 2.05) is 0 Å². The van der Waals surface area contributed by atoms with Crippen LogP contribution in [0.4, 0.5) is 8.78 Å². The van der Waals surface area contributed by atoms with Gasteiger partial charge in [0.05, 0.1) is 7.11 Å². The second-order valence-electron chi connectivity index (χ2n) is 4.81. The van der Waals surface area contributed by atoms with Crippen molar-refractivity contribution in [2.75, 3.05) is 13.7 Å². The fraction of sp³-hybridized carbons (Fsp3) is 0.176. The van der Waals surface area contributed by atoms with E-state index in [0.29, 0.717) is 11.3 Å². The van der Waals surface area contributed by atoms with Gasteiger partial charge in [0, 0.05) is 11.1 Å². The van der Waals surface area contributed by atoms with Crippen LogP contribution in [0.2, 0.25) is 0 Å². The van der Waals surface area contributed by atoms with E-state index in [-0.39, 0.29) is 12.2 Å². The fourth-order valence-electron chi connectivity index (χ4n) is 1.95. The SMILES string of the molecule is COc1ccc(F)cc1COC(=O)CNC(=O)c1cccc(F)c1. The van der Waals surface area contributed by atoms with Gasteiger partial charge >= 0.3 is 5.97 Å². The average molecular weight is 335 g/mol. The zero-order valence-electron chi connectivity index (χ0n) is 12.8. The molecular weight excluding hydrogens is 320 g/mol. The maximum atomic E-state index is 13.2. The molecule has 2 aromatic carbocycles. The molecule has 0 radical (unpaired) electrons. The van der Waals surface area contributed by atoms with Crippen molar-refractivity contribution in [1.82, 2.24) is 5.32 Å². The van der Waals surface area contributed by atoms with Crippen molar-refractivity contribution < 1.29 is 27.8 Å². The molecule has 0 heterocycles. The van der Waals surface area contributed by atoms with E-state index >= 15 is 0 Å². The summed E-state index contributed by atoms with van der Waals surface area (Å²) in [6.45, 7) is -0.595. The van der Waals surface area contributed by atoms with Crippen LogP contribution in [0.3, 0.4) is 0 Å². The number of methoxy groups -OCH3 is 1. The van der Waals surface area contributed by atoms with Crippen molar-refractivity contribution >= 4 is 11.9 Å². The summed E-state index contributed by atoms with van der Waals surface area (Å²) in [4.78, 5) is 23.4. The highest BCUT2D eigenvalue weighted by atomic mass is 19.1. The van der Waals surface area contributed by atoms with Crippen LogP contribution in [0.15, 0.2) is 42.5 Å². The molecule has 1 amide bonds. The number of hydrogen-bond donors (Lipinski definition) is 1. The van der Waals surface area contributed by atoms with Crippen LogP contribution in [0.25, 0.3) is 0 Å². The number of carbonyl (C=O) groups excluding carboxylic acids is 2. The zero-order chi connectivity index (χ0) is 17.5. The van der Waals surface area contributed by atoms with Gasteiger partial charge in [-0.05, 0) is 36.4 Å². The van der Waals surface area contributed by atoms with E-state index in [1.165, 1.54) is 43.5 Å². The summed E-state index contributed by atoms with van der Waals surface area (Å²) in [7, 11) is 1.41. The monoisotopic (exact) mass is 335 g/mol. The number of carbonyl (C=O) groups is 2. The van der Waals surface area contributed by atoms with E-state index in [0.717, 1.165) is 6.07 Å². The summed E-state index contributed by atoms with van der Waals surface area (Å²) in [5, 5.41) is 2.32. The van der Waals surface area contributed by atoms with Gasteiger partial charge in [-0.15, -0.1) is 0 Å². The van der Waals surface area contributed by atoms with E-state index in [9.17, 15) is 18.4 Å². The lowest BCUT2D eigenvalue weighted by Crippen LogP contribution is -2.30. The number of ether oxygens (including phenoxy) is 2. The van der Waals surface area contributed by atoms with Crippen LogP contribution in [0.5, 0.6) is 5.75 Å². The highest BCUT2D eigenvalue weighted by Gasteiger charge is 2.11. The van der Waals surface area contributed by atoms with Crippen molar-refractivity contribution in [3.05, 3.63) is 65.2 Å². The zero-order valence-corrected chi connectivity index (χ0v) is 12.8. The molecule has 0 aliphatic carbocycles. The highest BCUT2D eigenvalue weighted by molar-refractivity contribution is 5.95. The van der Waals surface area contributed by atoms with Gasteiger partial charge in [-0.25, -0.2) is 8.78 Å². The van der Waals surface area contributed by atoms with Crippen molar-refractivity contribution in [2.24, 2.45) is 0 Å². The van der Waals surface area contributed by atoms with Crippen LogP contribution in [0.1, 0.15) is 15.9 Å². The van der Waals surface area contributed by atoms with Crippen molar-refractivity contribution in [3.63, 3.8) is 0 Å². The summed E-state index contributed by atoms with van der Waals surface area (Å²) in [5.41, 5.74) is 0.455. The Kier molecular flexibility index (Phi) is 5.83. The Morgan fingerprint density at radius 3 is 2.54 bits per heavy atom. The van der Waals surface area contributed by atoms with Gasteiger partial charge in [0.25, 0.3) is 5.91 Å². The molecule has 24 heavy (non-hydrogen) atoms. The Morgan fingerprint density at radius 1 is 1.08 bits per heavy atom. The quantitative estimate of drug-likeness (QED) is 0.824. The predicted molar refractivity (Wildman–Crippen MR) is 81.5 cm³/mol. The van der Waals surface area contributed by atoms with Crippen LogP contribution in [-0.4, -0.2) is 25.5 Å². The molecule has 0 fully saturated rings. The second kappa shape index (κ2) is 8.05. The number of rotatable bonds is 6. The molecule has 0 aliphatic rings. The van der Waals surface area contributed by atoms with Gasteiger partial charge in [0.15, 0.2) is 0 Å². The van der Waals surface area contributed by atoms with Gasteiger partial charge in [-0.1, -0.05) is 6.07 Å². The number of hydrogen-bond acceptors (Lipinski definition) is 4. The first kappa shape index (κ1) is 17.4. The Hall–Kier alpha value is -2.96. The first-order valence-electron chi connectivity index (χ1n) is 7.01. The van der Waals surface area contributed by atoms with Crippen LogP contribution in [0, 0.1) is 11.6 Å². The van der Waals surface area contributed by atoms with Crippen molar-refractivity contribution in [1.29, 1.82) is 0 Å². The molecule has 2 aromatic rings. The molecule has 5 nitrogen and oxygen atoms in total. The summed E-state index contributed by atoms with van der Waals surface area (Å²) in [5.74, 6) is -1.97. The Morgan fingerprint density at radius 2 is 1.83 bits per heavy atom. The van der Waals surface area contributed by atoms with Crippen LogP contribution < -0.4 is 10.1 Å². The first-order valence-corrected chi connectivity index (χ1v) is 7.01. The third-order valence-corrected chi connectivity index (χ3v) is 3.11. The molecule has 0 saturated carbocycles. The average Bonchev–Trinajstić information content (AvgIpc) is 2.58. The highest BCUT2D eigenvalue weighted by Crippen LogP contribution is 2.20. The minimum Gasteiger partial charge on any atom is -0.496 e. The molecule has 2 rings (SSSR count). The normalized spacial score (nSPS) is 10.1. The van der Waals surface area contributed by atoms with Gasteiger partial charge in [-0.2, -0.15) is 0 Å². The molecule has 0 saturated heterocycles. The molecule has 0 unspecified atom stereocenters. The molecular formula is C17H15F2NO4. The molecule has 7 heteroatoms. The van der Waals surface area contributed by atoms with Crippen LogP contribution >= 0.6 is 0 Å². The molecule has 126 valence electrons. The number of halogens is 2. The lowest BCUT2D eigenvalue weighted by Gasteiger charge is -2.10. The molecule has 0 aliphatic heterocycles. The van der Waals surface area contributed by atoms with Gasteiger partial charge < -0.3 is 14.8 Å². The number of benzene rings is 2. The molecule has 0 aromatic heterocycles. The number of nitrogens with one attached hydrogen (secondary N) is 1. The lowest BCUT2D eigenvalue weighted by molar-refractivity contribution is -0.143. The smallest absolute Gasteiger partial charge is 0.325 e. The second-order valence-corrected chi connectivity index (χ2v) is 4.81. The summed E-state index contributed by atoms with van der Waals surface area (Å²) < 4.78 is 36.2. The summed E-state index contributed by atoms with van der Waals surface area (Å²) in [6, 6.07) is 8.90. The maximum absolute atomic E-state index is 13.2.